The second-order valence-electron chi connectivity index (χ2n) is 9.58. The molecule has 1 atom stereocenters. The van der Waals surface area contributed by atoms with E-state index in [2.05, 4.69) is 20.2 Å². The summed E-state index contributed by atoms with van der Waals surface area (Å²) in [6.07, 6.45) is 5.83. The molecule has 0 saturated carbocycles. The molecule has 0 amide bonds. The number of carbonyl (C=O) groups is 1. The summed E-state index contributed by atoms with van der Waals surface area (Å²) in [6.45, 7) is 9.77. The van der Waals surface area contributed by atoms with Crippen molar-refractivity contribution in [2.75, 3.05) is 36.6 Å². The third kappa shape index (κ3) is 7.80. The highest BCUT2D eigenvalue weighted by atomic mass is 16.5. The van der Waals surface area contributed by atoms with Gasteiger partial charge in [-0.2, -0.15) is 0 Å². The predicted molar refractivity (Wildman–Crippen MR) is 136 cm³/mol. The van der Waals surface area contributed by atoms with Gasteiger partial charge in [0.15, 0.2) is 0 Å². The lowest BCUT2D eigenvalue weighted by molar-refractivity contribution is -0.137. The zero-order valence-corrected chi connectivity index (χ0v) is 21.2. The average molecular weight is 487 g/mol. The Labute approximate surface area is 207 Å². The van der Waals surface area contributed by atoms with Crippen LogP contribution < -0.4 is 15.0 Å². The van der Waals surface area contributed by atoms with E-state index < -0.39 is 11.6 Å². The topological polar surface area (TPSA) is 117 Å². The monoisotopic (exact) mass is 486 g/mol. The van der Waals surface area contributed by atoms with E-state index in [0.29, 0.717) is 44.5 Å². The lowest BCUT2D eigenvalue weighted by atomic mass is 9.92. The number of nitrogens with one attached hydrogen (secondary N) is 1. The fourth-order valence-corrected chi connectivity index (χ4v) is 4.43. The Hall–Kier alpha value is -2.91. The summed E-state index contributed by atoms with van der Waals surface area (Å²) in [5, 5.41) is 23.6. The van der Waals surface area contributed by atoms with Gasteiger partial charge in [-0.05, 0) is 63.6 Å². The molecule has 1 aliphatic heterocycles. The second kappa shape index (κ2) is 12.2. The number of carboxylic acid groups (broad SMARTS) is 1. The second-order valence-corrected chi connectivity index (χ2v) is 9.58. The molecule has 1 aromatic heterocycles. The molecule has 0 aliphatic carbocycles. The van der Waals surface area contributed by atoms with Crippen molar-refractivity contribution in [1.29, 1.82) is 0 Å². The molecule has 9 heteroatoms. The Morgan fingerprint density at radius 3 is 2.51 bits per heavy atom. The van der Waals surface area contributed by atoms with Crippen molar-refractivity contribution in [2.24, 2.45) is 0 Å². The van der Waals surface area contributed by atoms with Crippen molar-refractivity contribution in [3.8, 4) is 6.01 Å². The van der Waals surface area contributed by atoms with Gasteiger partial charge in [0.1, 0.15) is 0 Å². The number of ether oxygens (including phenoxy) is 2. The van der Waals surface area contributed by atoms with Crippen LogP contribution in [0.15, 0.2) is 30.6 Å². The summed E-state index contributed by atoms with van der Waals surface area (Å²) in [6, 6.07) is 6.56. The maximum absolute atomic E-state index is 11.4. The molecule has 192 valence electrons. The molecule has 0 spiro atoms. The van der Waals surface area contributed by atoms with Gasteiger partial charge in [0.05, 0.1) is 48.1 Å². The van der Waals surface area contributed by atoms with Gasteiger partial charge in [0, 0.05) is 25.8 Å². The Kier molecular flexibility index (Phi) is 9.28. The van der Waals surface area contributed by atoms with Crippen LogP contribution in [0.2, 0.25) is 0 Å². The van der Waals surface area contributed by atoms with Crippen LogP contribution in [0.3, 0.4) is 0 Å². The van der Waals surface area contributed by atoms with Gasteiger partial charge >= 0.3 is 12.0 Å². The summed E-state index contributed by atoms with van der Waals surface area (Å²) < 4.78 is 10.9. The van der Waals surface area contributed by atoms with Crippen molar-refractivity contribution in [3.05, 3.63) is 36.2 Å². The summed E-state index contributed by atoms with van der Waals surface area (Å²) in [5.41, 5.74) is 2.47. The van der Waals surface area contributed by atoms with Crippen LogP contribution in [0.4, 0.5) is 17.1 Å². The first-order valence-electron chi connectivity index (χ1n) is 12.3. The van der Waals surface area contributed by atoms with Gasteiger partial charge in [-0.1, -0.05) is 13.0 Å². The van der Waals surface area contributed by atoms with Crippen LogP contribution in [0.25, 0.3) is 0 Å². The van der Waals surface area contributed by atoms with E-state index in [-0.39, 0.29) is 18.4 Å². The minimum atomic E-state index is -0.911. The number of nitrogens with zero attached hydrogens (tertiary/aromatic N) is 3. The molecule has 3 rings (SSSR count). The smallest absolute Gasteiger partial charge is 0.316 e. The van der Waals surface area contributed by atoms with Gasteiger partial charge in [-0.25, -0.2) is 9.97 Å². The van der Waals surface area contributed by atoms with E-state index >= 15 is 0 Å². The van der Waals surface area contributed by atoms with E-state index in [1.807, 2.05) is 32.0 Å². The Morgan fingerprint density at radius 2 is 1.94 bits per heavy atom. The molecule has 0 bridgehead atoms. The fourth-order valence-electron chi connectivity index (χ4n) is 4.43. The summed E-state index contributed by atoms with van der Waals surface area (Å²) in [4.78, 5) is 22.2. The van der Waals surface area contributed by atoms with Gasteiger partial charge in [-0.3, -0.25) is 4.79 Å². The van der Waals surface area contributed by atoms with E-state index in [1.165, 1.54) is 0 Å². The van der Waals surface area contributed by atoms with Gasteiger partial charge in [0.25, 0.3) is 0 Å². The fraction of sp³-hybridized carbons (Fsp3) is 0.577. The Balaban J connectivity index is 2.03. The molecule has 3 N–H and O–H groups in total. The van der Waals surface area contributed by atoms with Gasteiger partial charge < -0.3 is 29.9 Å². The highest BCUT2D eigenvalue weighted by Gasteiger charge is 2.29. The largest absolute Gasteiger partial charge is 0.481 e. The minimum absolute atomic E-state index is 0.0643. The third-order valence-electron chi connectivity index (χ3n) is 6.08. The highest BCUT2D eigenvalue weighted by molar-refractivity contribution is 5.77. The van der Waals surface area contributed by atoms with Crippen molar-refractivity contribution in [2.45, 2.75) is 70.9 Å². The zero-order valence-electron chi connectivity index (χ0n) is 21.2. The maximum Gasteiger partial charge on any atom is 0.316 e. The first-order chi connectivity index (χ1) is 16.7. The number of aromatic nitrogens is 2. The van der Waals surface area contributed by atoms with E-state index in [1.54, 1.807) is 26.2 Å². The molecule has 2 heterocycles. The lowest BCUT2D eigenvalue weighted by Crippen LogP contribution is -2.47. The quantitative estimate of drug-likeness (QED) is 0.403. The lowest BCUT2D eigenvalue weighted by Gasteiger charge is -2.40. The van der Waals surface area contributed by atoms with Crippen LogP contribution in [-0.4, -0.2) is 64.2 Å². The van der Waals surface area contributed by atoms with Crippen LogP contribution >= 0.6 is 0 Å². The van der Waals surface area contributed by atoms with Crippen LogP contribution in [0.1, 0.15) is 64.9 Å². The molecule has 1 fully saturated rings. The number of carboxylic acids is 1. The Bertz CT molecular complexity index is 955. The molecule has 2 aromatic rings. The van der Waals surface area contributed by atoms with Gasteiger partial charge in [-0.15, -0.1) is 0 Å². The predicted octanol–water partition coefficient (Wildman–Crippen LogP) is 4.34. The number of aliphatic carboxylic acids is 1. The van der Waals surface area contributed by atoms with Crippen molar-refractivity contribution >= 4 is 23.0 Å². The number of anilines is 3. The normalized spacial score (nSPS) is 15.5. The standard InChI is InChI=1S/C26H38N4O5/c1-5-18(14-24(31)32)19-7-8-23(30(17-26(3,4)33)21-9-11-34-12-10-21)22(13-19)29-20-15-27-25(28-16-20)35-6-2/h7-8,13,15-16,18,21,29,33H,5-6,9-12,14,17H2,1-4H3,(H,31,32)/t18-/m1/s1. The third-order valence-corrected chi connectivity index (χ3v) is 6.08. The molecule has 0 radical (unpaired) electrons. The molecule has 1 aromatic carbocycles. The summed E-state index contributed by atoms with van der Waals surface area (Å²) >= 11 is 0. The number of hydrogen-bond acceptors (Lipinski definition) is 8. The summed E-state index contributed by atoms with van der Waals surface area (Å²) in [7, 11) is 0. The molecule has 35 heavy (non-hydrogen) atoms. The average Bonchev–Trinajstić information content (AvgIpc) is 2.82. The minimum Gasteiger partial charge on any atom is -0.481 e. The molecule has 0 unspecified atom stereocenters. The summed E-state index contributed by atoms with van der Waals surface area (Å²) in [5.74, 6) is -0.925. The van der Waals surface area contributed by atoms with Crippen LogP contribution in [-0.2, 0) is 9.53 Å². The first kappa shape index (κ1) is 26.7. The van der Waals surface area contributed by atoms with Crippen molar-refractivity contribution < 1.29 is 24.5 Å². The van der Waals surface area contributed by atoms with E-state index in [0.717, 1.165) is 29.8 Å². The first-order valence-corrected chi connectivity index (χ1v) is 12.3. The van der Waals surface area contributed by atoms with E-state index in [9.17, 15) is 15.0 Å². The molecule has 9 nitrogen and oxygen atoms in total. The van der Waals surface area contributed by atoms with E-state index in [4.69, 9.17) is 9.47 Å². The Morgan fingerprint density at radius 1 is 1.26 bits per heavy atom. The molecular formula is C26H38N4O5. The SMILES string of the molecule is CCOc1ncc(Nc2cc([C@H](CC)CC(=O)O)ccc2N(CC(C)(C)O)C2CCOCC2)cn1. The number of benzene rings is 1. The van der Waals surface area contributed by atoms with Crippen molar-refractivity contribution in [3.63, 3.8) is 0 Å². The maximum atomic E-state index is 11.4. The van der Waals surface area contributed by atoms with Crippen LogP contribution in [0, 0.1) is 0 Å². The molecule has 1 aliphatic rings. The molecule has 1 saturated heterocycles. The van der Waals surface area contributed by atoms with Crippen LogP contribution in [0.5, 0.6) is 6.01 Å². The molecular weight excluding hydrogens is 448 g/mol. The van der Waals surface area contributed by atoms with Crippen molar-refractivity contribution in [1.82, 2.24) is 9.97 Å². The number of rotatable bonds is 12. The van der Waals surface area contributed by atoms with Gasteiger partial charge in [0.2, 0.25) is 0 Å². The highest BCUT2D eigenvalue weighted by Crippen LogP contribution is 2.37. The number of hydrogen-bond donors (Lipinski definition) is 3. The number of aliphatic hydroxyl groups is 1. The zero-order chi connectivity index (χ0) is 25.4.